The van der Waals surface area contributed by atoms with Gasteiger partial charge in [-0.1, -0.05) is 11.6 Å². The van der Waals surface area contributed by atoms with Crippen LogP contribution in [0.5, 0.6) is 0 Å². The van der Waals surface area contributed by atoms with Crippen molar-refractivity contribution in [2.75, 3.05) is 0 Å². The SMILES string of the molecule is Cc1cc(C)c2c(c1)C(=S)OC2=O. The summed E-state index contributed by atoms with van der Waals surface area (Å²) in [7, 11) is 0. The molecule has 66 valence electrons. The molecule has 0 spiro atoms. The molecular formula is C10H8O2S. The lowest BCUT2D eigenvalue weighted by molar-refractivity contribution is 0.0741. The van der Waals surface area contributed by atoms with Crippen molar-refractivity contribution in [3.05, 3.63) is 34.4 Å². The number of fused-ring (bicyclic) bond motifs is 1. The minimum atomic E-state index is -0.322. The van der Waals surface area contributed by atoms with Gasteiger partial charge in [0.05, 0.1) is 5.56 Å². The fourth-order valence-electron chi connectivity index (χ4n) is 1.59. The molecule has 0 atom stereocenters. The monoisotopic (exact) mass is 192 g/mol. The Balaban J connectivity index is 2.77. The summed E-state index contributed by atoms with van der Waals surface area (Å²) in [4.78, 5) is 11.3. The van der Waals surface area contributed by atoms with E-state index in [0.717, 1.165) is 16.7 Å². The van der Waals surface area contributed by atoms with Gasteiger partial charge in [-0.3, -0.25) is 0 Å². The van der Waals surface area contributed by atoms with Gasteiger partial charge in [0.25, 0.3) is 0 Å². The third kappa shape index (κ3) is 1.16. The molecule has 0 fully saturated rings. The number of esters is 1. The Bertz CT molecular complexity index is 421. The van der Waals surface area contributed by atoms with E-state index in [2.05, 4.69) is 0 Å². The quantitative estimate of drug-likeness (QED) is 0.465. The van der Waals surface area contributed by atoms with Crippen molar-refractivity contribution in [1.82, 2.24) is 0 Å². The Morgan fingerprint density at radius 1 is 1.31 bits per heavy atom. The molecule has 0 radical (unpaired) electrons. The number of ether oxygens (including phenoxy) is 1. The topological polar surface area (TPSA) is 26.3 Å². The van der Waals surface area contributed by atoms with E-state index in [9.17, 15) is 4.79 Å². The minimum absolute atomic E-state index is 0.298. The first kappa shape index (κ1) is 8.38. The van der Waals surface area contributed by atoms with E-state index in [1.54, 1.807) is 0 Å². The summed E-state index contributed by atoms with van der Waals surface area (Å²) < 4.78 is 4.86. The molecule has 2 nitrogen and oxygen atoms in total. The van der Waals surface area contributed by atoms with Gasteiger partial charge in [0.2, 0.25) is 5.05 Å². The normalized spacial score (nSPS) is 14.3. The van der Waals surface area contributed by atoms with Crippen LogP contribution in [-0.4, -0.2) is 11.0 Å². The zero-order valence-corrected chi connectivity index (χ0v) is 8.20. The second-order valence-electron chi connectivity index (χ2n) is 3.18. The van der Waals surface area contributed by atoms with Gasteiger partial charge in [-0.05, 0) is 37.7 Å². The van der Waals surface area contributed by atoms with Crippen molar-refractivity contribution in [3.8, 4) is 0 Å². The highest BCUT2D eigenvalue weighted by atomic mass is 32.1. The molecule has 0 N–H and O–H groups in total. The van der Waals surface area contributed by atoms with E-state index in [1.807, 2.05) is 26.0 Å². The zero-order chi connectivity index (χ0) is 9.59. The summed E-state index contributed by atoms with van der Waals surface area (Å²) in [6.07, 6.45) is 0. The molecule has 1 aliphatic rings. The summed E-state index contributed by atoms with van der Waals surface area (Å²) in [5.74, 6) is -0.322. The maximum atomic E-state index is 11.3. The van der Waals surface area contributed by atoms with Crippen molar-refractivity contribution >= 4 is 23.2 Å². The van der Waals surface area contributed by atoms with Gasteiger partial charge in [-0.25, -0.2) is 4.79 Å². The van der Waals surface area contributed by atoms with E-state index in [0.29, 0.717) is 10.6 Å². The molecule has 1 aromatic rings. The molecular weight excluding hydrogens is 184 g/mol. The number of benzene rings is 1. The summed E-state index contributed by atoms with van der Waals surface area (Å²) in [5, 5.41) is 0.298. The van der Waals surface area contributed by atoms with Crippen molar-refractivity contribution < 1.29 is 9.53 Å². The molecule has 0 saturated heterocycles. The van der Waals surface area contributed by atoms with Crippen molar-refractivity contribution in [3.63, 3.8) is 0 Å². The van der Waals surface area contributed by atoms with Crippen LogP contribution < -0.4 is 0 Å². The van der Waals surface area contributed by atoms with Gasteiger partial charge in [0.1, 0.15) is 0 Å². The first-order valence-electron chi connectivity index (χ1n) is 3.97. The lowest BCUT2D eigenvalue weighted by Crippen LogP contribution is -1.97. The molecule has 2 rings (SSSR count). The Morgan fingerprint density at radius 2 is 2.00 bits per heavy atom. The molecule has 0 aromatic heterocycles. The third-order valence-corrected chi connectivity index (χ3v) is 2.39. The highest BCUT2D eigenvalue weighted by Gasteiger charge is 2.28. The zero-order valence-electron chi connectivity index (χ0n) is 7.38. The molecule has 0 amide bonds. The van der Waals surface area contributed by atoms with Crippen LogP contribution in [0.3, 0.4) is 0 Å². The van der Waals surface area contributed by atoms with Gasteiger partial charge >= 0.3 is 5.97 Å². The maximum absolute atomic E-state index is 11.3. The van der Waals surface area contributed by atoms with Crippen molar-refractivity contribution in [2.24, 2.45) is 0 Å². The molecule has 1 aliphatic heterocycles. The summed E-state index contributed by atoms with van der Waals surface area (Å²) in [5.41, 5.74) is 3.41. The molecule has 0 aliphatic carbocycles. The van der Waals surface area contributed by atoms with E-state index in [1.165, 1.54) is 0 Å². The number of rotatable bonds is 0. The predicted molar refractivity (Wildman–Crippen MR) is 53.0 cm³/mol. The fourth-order valence-corrected chi connectivity index (χ4v) is 1.83. The Kier molecular flexibility index (Phi) is 1.70. The molecule has 1 aromatic carbocycles. The van der Waals surface area contributed by atoms with Crippen LogP contribution in [0.1, 0.15) is 27.0 Å². The lowest BCUT2D eigenvalue weighted by atomic mass is 10.0. The van der Waals surface area contributed by atoms with Crippen LogP contribution in [0, 0.1) is 13.8 Å². The second kappa shape index (κ2) is 2.64. The molecule has 0 saturated carbocycles. The lowest BCUT2D eigenvalue weighted by Gasteiger charge is -2.00. The number of carbonyl (C=O) groups excluding carboxylic acids is 1. The first-order chi connectivity index (χ1) is 6.09. The van der Waals surface area contributed by atoms with Crippen LogP contribution in [0.25, 0.3) is 0 Å². The average molecular weight is 192 g/mol. The number of thiocarbonyl (C=S) groups is 1. The number of hydrogen-bond donors (Lipinski definition) is 0. The summed E-state index contributed by atoms with van der Waals surface area (Å²) >= 11 is 4.93. The van der Waals surface area contributed by atoms with Gasteiger partial charge in [-0.15, -0.1) is 0 Å². The average Bonchev–Trinajstić information content (AvgIpc) is 2.27. The molecule has 13 heavy (non-hydrogen) atoms. The largest absolute Gasteiger partial charge is 0.410 e. The minimum Gasteiger partial charge on any atom is -0.410 e. The predicted octanol–water partition coefficient (Wildman–Crippen LogP) is 2.15. The smallest absolute Gasteiger partial charge is 0.345 e. The molecule has 3 heteroatoms. The molecule has 1 heterocycles. The highest BCUT2D eigenvalue weighted by Crippen LogP contribution is 2.25. The number of cyclic esters (lactones) is 1. The Morgan fingerprint density at radius 3 is 2.69 bits per heavy atom. The number of aryl methyl sites for hydroxylation is 2. The Labute approximate surface area is 81.5 Å². The van der Waals surface area contributed by atoms with Gasteiger partial charge in [0, 0.05) is 5.56 Å². The summed E-state index contributed by atoms with van der Waals surface area (Å²) in [6, 6.07) is 3.84. The van der Waals surface area contributed by atoms with Gasteiger partial charge < -0.3 is 4.74 Å². The van der Waals surface area contributed by atoms with E-state index >= 15 is 0 Å². The Hall–Kier alpha value is -1.22. The maximum Gasteiger partial charge on any atom is 0.345 e. The number of carbonyl (C=O) groups is 1. The van der Waals surface area contributed by atoms with E-state index in [-0.39, 0.29) is 5.97 Å². The van der Waals surface area contributed by atoms with Crippen LogP contribution in [-0.2, 0) is 4.74 Å². The van der Waals surface area contributed by atoms with Crippen LogP contribution >= 0.6 is 12.2 Å². The van der Waals surface area contributed by atoms with Crippen molar-refractivity contribution in [1.29, 1.82) is 0 Å². The first-order valence-corrected chi connectivity index (χ1v) is 4.38. The van der Waals surface area contributed by atoms with Crippen molar-refractivity contribution in [2.45, 2.75) is 13.8 Å². The summed E-state index contributed by atoms with van der Waals surface area (Å²) in [6.45, 7) is 3.86. The fraction of sp³-hybridized carbons (Fsp3) is 0.200. The van der Waals surface area contributed by atoms with Crippen LogP contribution in [0.2, 0.25) is 0 Å². The van der Waals surface area contributed by atoms with Gasteiger partial charge in [-0.2, -0.15) is 0 Å². The number of hydrogen-bond acceptors (Lipinski definition) is 3. The van der Waals surface area contributed by atoms with E-state index in [4.69, 9.17) is 17.0 Å². The third-order valence-electron chi connectivity index (χ3n) is 2.09. The highest BCUT2D eigenvalue weighted by molar-refractivity contribution is 7.80. The second-order valence-corrected chi connectivity index (χ2v) is 3.55. The van der Waals surface area contributed by atoms with Gasteiger partial charge in [0.15, 0.2) is 0 Å². The molecule has 0 bridgehead atoms. The van der Waals surface area contributed by atoms with Crippen LogP contribution in [0.4, 0.5) is 0 Å². The van der Waals surface area contributed by atoms with Crippen LogP contribution in [0.15, 0.2) is 12.1 Å². The van der Waals surface area contributed by atoms with E-state index < -0.39 is 0 Å². The molecule has 0 unspecified atom stereocenters. The standard InChI is InChI=1S/C10H8O2S/c1-5-3-6(2)8-7(4-5)10(13)12-9(8)11/h3-4H,1-2H3.